The first kappa shape index (κ1) is 19.9. The third kappa shape index (κ3) is 5.34. The van der Waals surface area contributed by atoms with Gasteiger partial charge in [-0.05, 0) is 30.0 Å². The highest BCUT2D eigenvalue weighted by molar-refractivity contribution is 7.14. The number of carboxylic acid groups (broad SMARTS) is 1. The number of benzene rings is 1. The highest BCUT2D eigenvalue weighted by Crippen LogP contribution is 2.36. The van der Waals surface area contributed by atoms with E-state index in [4.69, 9.17) is 28.3 Å². The number of ether oxygens (including phenoxy) is 1. The van der Waals surface area contributed by atoms with E-state index in [1.165, 1.54) is 18.2 Å². The van der Waals surface area contributed by atoms with Crippen LogP contribution in [0.4, 0.5) is 9.93 Å². The van der Waals surface area contributed by atoms with Gasteiger partial charge in [0.05, 0.1) is 21.3 Å². The van der Waals surface area contributed by atoms with Crippen molar-refractivity contribution in [1.82, 2.24) is 4.98 Å². The van der Waals surface area contributed by atoms with Crippen molar-refractivity contribution < 1.29 is 19.4 Å². The molecule has 1 aromatic heterocycles. The third-order valence-electron chi connectivity index (χ3n) is 4.61. The summed E-state index contributed by atoms with van der Waals surface area (Å²) in [4.78, 5) is 27.5. The van der Waals surface area contributed by atoms with Gasteiger partial charge in [0.15, 0.2) is 5.13 Å². The number of carbonyl (C=O) groups excluding carboxylic acids is 1. The van der Waals surface area contributed by atoms with Crippen molar-refractivity contribution in [3.05, 3.63) is 39.2 Å². The first-order valence-corrected chi connectivity index (χ1v) is 10.2. The van der Waals surface area contributed by atoms with Crippen LogP contribution in [0.2, 0.25) is 10.0 Å². The Morgan fingerprint density at radius 2 is 2.04 bits per heavy atom. The zero-order chi connectivity index (χ0) is 19.4. The van der Waals surface area contributed by atoms with Crippen LogP contribution in [0.3, 0.4) is 0 Å². The maximum absolute atomic E-state index is 13.0. The summed E-state index contributed by atoms with van der Waals surface area (Å²) < 4.78 is 4.49. The second-order valence-corrected chi connectivity index (χ2v) is 8.13. The Bertz CT molecular complexity index is 837. The van der Waals surface area contributed by atoms with E-state index in [1.54, 1.807) is 12.1 Å². The van der Waals surface area contributed by atoms with Crippen LogP contribution in [0.15, 0.2) is 23.6 Å². The van der Waals surface area contributed by atoms with Crippen LogP contribution < -0.4 is 10.1 Å². The predicted octanol–water partition coefficient (Wildman–Crippen LogP) is 5.81. The molecule has 0 bridgehead atoms. The van der Waals surface area contributed by atoms with Crippen molar-refractivity contribution in [3.8, 4) is 5.88 Å². The Balaban J connectivity index is 1.78. The smallest absolute Gasteiger partial charge is 0.449 e. The SMILES string of the molecule is O=C(O)Oc1csc(NC(=O)C(CC2CCCC2)c2ccc(Cl)c(Cl)c2)n1. The quantitative estimate of drug-likeness (QED) is 0.566. The number of hydrogen-bond donors (Lipinski definition) is 2. The van der Waals surface area contributed by atoms with E-state index in [0.717, 1.165) is 29.7 Å². The average Bonchev–Trinajstić information content (AvgIpc) is 3.27. The van der Waals surface area contributed by atoms with Crippen molar-refractivity contribution >= 4 is 51.7 Å². The van der Waals surface area contributed by atoms with Crippen LogP contribution in [0.5, 0.6) is 5.88 Å². The number of thiazole rings is 1. The van der Waals surface area contributed by atoms with Gasteiger partial charge in [-0.2, -0.15) is 4.98 Å². The molecule has 1 heterocycles. The molecule has 0 aliphatic heterocycles. The molecule has 1 fully saturated rings. The Labute approximate surface area is 170 Å². The number of carbonyl (C=O) groups is 2. The number of nitrogens with one attached hydrogen (secondary N) is 1. The summed E-state index contributed by atoms with van der Waals surface area (Å²) in [6.07, 6.45) is 3.85. The number of aromatic nitrogens is 1. The largest absolute Gasteiger partial charge is 0.512 e. The molecule has 1 aromatic carbocycles. The van der Waals surface area contributed by atoms with Gasteiger partial charge >= 0.3 is 6.16 Å². The van der Waals surface area contributed by atoms with Gasteiger partial charge in [0.2, 0.25) is 11.8 Å². The molecule has 2 N–H and O–H groups in total. The topological polar surface area (TPSA) is 88.5 Å². The zero-order valence-corrected chi connectivity index (χ0v) is 16.6. The summed E-state index contributed by atoms with van der Waals surface area (Å²) in [6, 6.07) is 5.23. The normalized spacial score (nSPS) is 15.5. The lowest BCUT2D eigenvalue weighted by atomic mass is 9.87. The molecule has 6 nitrogen and oxygen atoms in total. The summed E-state index contributed by atoms with van der Waals surface area (Å²) in [5.41, 5.74) is 0.798. The van der Waals surface area contributed by atoms with Crippen LogP contribution >= 0.6 is 34.5 Å². The van der Waals surface area contributed by atoms with E-state index in [2.05, 4.69) is 15.0 Å². The van der Waals surface area contributed by atoms with E-state index in [0.29, 0.717) is 22.4 Å². The van der Waals surface area contributed by atoms with E-state index in [-0.39, 0.29) is 16.9 Å². The molecule has 2 aromatic rings. The second kappa shape index (κ2) is 8.91. The molecule has 0 radical (unpaired) electrons. The third-order valence-corrected chi connectivity index (χ3v) is 6.09. The van der Waals surface area contributed by atoms with Crippen molar-refractivity contribution in [1.29, 1.82) is 0 Å². The maximum Gasteiger partial charge on any atom is 0.512 e. The predicted molar refractivity (Wildman–Crippen MR) is 105 cm³/mol. The molecule has 1 saturated carbocycles. The minimum absolute atomic E-state index is 0.0651. The van der Waals surface area contributed by atoms with Gasteiger partial charge in [-0.25, -0.2) is 4.79 Å². The fourth-order valence-electron chi connectivity index (χ4n) is 3.35. The second-order valence-electron chi connectivity index (χ2n) is 6.46. The fourth-order valence-corrected chi connectivity index (χ4v) is 4.27. The molecule has 0 saturated heterocycles. The molecule has 3 rings (SSSR count). The number of halogens is 2. The van der Waals surface area contributed by atoms with Crippen LogP contribution in [0.25, 0.3) is 0 Å². The summed E-state index contributed by atoms with van der Waals surface area (Å²) in [5.74, 6) is -0.186. The molecular formula is C18H18Cl2N2O4S. The van der Waals surface area contributed by atoms with Crippen molar-refractivity contribution in [2.75, 3.05) is 5.32 Å². The molecule has 27 heavy (non-hydrogen) atoms. The highest BCUT2D eigenvalue weighted by Gasteiger charge is 2.28. The Kier molecular flexibility index (Phi) is 6.57. The first-order valence-electron chi connectivity index (χ1n) is 8.54. The first-order chi connectivity index (χ1) is 12.9. The maximum atomic E-state index is 13.0. The molecule has 9 heteroatoms. The average molecular weight is 429 g/mol. The van der Waals surface area contributed by atoms with Gasteiger partial charge in [0.25, 0.3) is 0 Å². The standard InChI is InChI=1S/C18H18Cl2N2O4S/c19-13-6-5-11(8-14(13)20)12(7-10-3-1-2-4-10)16(23)22-17-21-15(9-27-17)26-18(24)25/h5-6,8-10,12H,1-4,7H2,(H,24,25)(H,21,22,23). The lowest BCUT2D eigenvalue weighted by Gasteiger charge is -2.20. The van der Waals surface area contributed by atoms with Crippen molar-refractivity contribution in [2.45, 2.75) is 38.0 Å². The summed E-state index contributed by atoms with van der Waals surface area (Å²) in [6.45, 7) is 0. The van der Waals surface area contributed by atoms with Crippen molar-refractivity contribution in [2.24, 2.45) is 5.92 Å². The highest BCUT2D eigenvalue weighted by atomic mass is 35.5. The zero-order valence-electron chi connectivity index (χ0n) is 14.3. The fraction of sp³-hybridized carbons (Fsp3) is 0.389. The molecule has 1 aliphatic rings. The summed E-state index contributed by atoms with van der Waals surface area (Å²) >= 11 is 13.3. The number of hydrogen-bond acceptors (Lipinski definition) is 5. The van der Waals surface area contributed by atoms with Crippen LogP contribution in [-0.4, -0.2) is 22.2 Å². The Morgan fingerprint density at radius 1 is 1.30 bits per heavy atom. The molecule has 0 spiro atoms. The van der Waals surface area contributed by atoms with Crippen LogP contribution in [0.1, 0.15) is 43.6 Å². The Morgan fingerprint density at radius 3 is 2.70 bits per heavy atom. The number of amides is 1. The van der Waals surface area contributed by atoms with Gasteiger partial charge < -0.3 is 15.2 Å². The number of anilines is 1. The van der Waals surface area contributed by atoms with Gasteiger partial charge in [-0.1, -0.05) is 55.0 Å². The summed E-state index contributed by atoms with van der Waals surface area (Å²) in [5, 5.41) is 14.0. The molecular weight excluding hydrogens is 411 g/mol. The van der Waals surface area contributed by atoms with E-state index in [1.807, 2.05) is 6.07 Å². The summed E-state index contributed by atoms with van der Waals surface area (Å²) in [7, 11) is 0. The lowest BCUT2D eigenvalue weighted by Crippen LogP contribution is -2.23. The minimum Gasteiger partial charge on any atom is -0.449 e. The van der Waals surface area contributed by atoms with E-state index < -0.39 is 12.1 Å². The molecule has 1 aliphatic carbocycles. The Hall–Kier alpha value is -1.83. The molecule has 144 valence electrons. The van der Waals surface area contributed by atoms with E-state index in [9.17, 15) is 9.59 Å². The lowest BCUT2D eigenvalue weighted by molar-refractivity contribution is -0.118. The van der Waals surface area contributed by atoms with Gasteiger partial charge in [0, 0.05) is 0 Å². The molecule has 1 atom stereocenters. The minimum atomic E-state index is -1.45. The van der Waals surface area contributed by atoms with E-state index >= 15 is 0 Å². The van der Waals surface area contributed by atoms with Crippen LogP contribution in [-0.2, 0) is 4.79 Å². The van der Waals surface area contributed by atoms with Crippen molar-refractivity contribution in [3.63, 3.8) is 0 Å². The molecule has 1 amide bonds. The number of rotatable bonds is 6. The van der Waals surface area contributed by atoms with Gasteiger partial charge in [0.1, 0.15) is 0 Å². The van der Waals surface area contributed by atoms with Gasteiger partial charge in [-0.15, -0.1) is 11.3 Å². The molecule has 1 unspecified atom stereocenters. The monoisotopic (exact) mass is 428 g/mol. The van der Waals surface area contributed by atoms with Gasteiger partial charge in [-0.3, -0.25) is 4.79 Å². The van der Waals surface area contributed by atoms with Crippen LogP contribution in [0, 0.1) is 5.92 Å². The number of nitrogens with zero attached hydrogens (tertiary/aromatic N) is 1.